The summed E-state index contributed by atoms with van der Waals surface area (Å²) in [5, 5.41) is 8.99. The number of nitrogens with two attached hydrogens (primary N) is 1. The molecule has 0 radical (unpaired) electrons. The summed E-state index contributed by atoms with van der Waals surface area (Å²) in [7, 11) is -11.7. The number of rotatable bonds is 9. The Balaban J connectivity index is 2.79. The number of quaternary nitrogens is 2. The molecule has 1 rings (SSSR count). The quantitative estimate of drug-likeness (QED) is 0.393. The van der Waals surface area contributed by atoms with Gasteiger partial charge in [0.15, 0.2) is 0 Å². The van der Waals surface area contributed by atoms with E-state index in [0.29, 0.717) is 5.56 Å². The first kappa shape index (κ1) is 21.0. The number of aliphatic carboxylic acids is 1. The highest BCUT2D eigenvalue weighted by Crippen LogP contribution is 2.56. The van der Waals surface area contributed by atoms with Crippen molar-refractivity contribution in [2.45, 2.75) is 23.9 Å². The summed E-state index contributed by atoms with van der Waals surface area (Å²) in [4.78, 5) is 55.5. The van der Waals surface area contributed by atoms with E-state index in [0.717, 1.165) is 5.32 Å². The molecule has 0 spiro atoms. The maximum absolute atomic E-state index is 11.1. The van der Waals surface area contributed by atoms with Gasteiger partial charge in [-0.15, -0.1) is 0 Å². The predicted octanol–water partition coefficient (Wildman–Crippen LogP) is -5.98. The van der Waals surface area contributed by atoms with Crippen molar-refractivity contribution in [1.29, 1.82) is 0 Å². The van der Waals surface area contributed by atoms with E-state index in [1.165, 1.54) is 0 Å². The molecule has 1 aromatic rings. The first-order valence-corrected chi connectivity index (χ1v) is 9.95. The van der Waals surface area contributed by atoms with Gasteiger partial charge >= 0.3 is 0 Å². The fourth-order valence-electron chi connectivity index (χ4n) is 2.07. The van der Waals surface area contributed by atoms with Crippen LogP contribution in [0, 0.1) is 0 Å². The molecule has 0 aliphatic rings. The van der Waals surface area contributed by atoms with Crippen molar-refractivity contribution >= 4 is 21.2 Å². The van der Waals surface area contributed by atoms with E-state index in [1.807, 2.05) is 0 Å². The Morgan fingerprint density at radius 2 is 1.62 bits per heavy atom. The lowest BCUT2D eigenvalue weighted by Gasteiger charge is -2.53. The van der Waals surface area contributed by atoms with Crippen LogP contribution in [0.3, 0.4) is 0 Å². The minimum absolute atomic E-state index is 0.0339. The van der Waals surface area contributed by atoms with E-state index >= 15 is 0 Å². The van der Waals surface area contributed by atoms with Gasteiger partial charge in [-0.05, 0) is 5.56 Å². The highest BCUT2D eigenvalue weighted by atomic mass is 31.2. The molecular weight excluding hydrogens is 362 g/mol. The molecule has 0 heterocycles. The second kappa shape index (κ2) is 7.86. The van der Waals surface area contributed by atoms with Crippen LogP contribution in [0.1, 0.15) is 12.0 Å². The van der Waals surface area contributed by atoms with Gasteiger partial charge in [-0.25, -0.2) is 0 Å². The minimum atomic E-state index is -5.84. The molecule has 1 atom stereocenters. The monoisotopic (exact) mass is 379 g/mol. The highest BCUT2D eigenvalue weighted by molar-refractivity contribution is 7.69. The van der Waals surface area contributed by atoms with Crippen molar-refractivity contribution in [2.24, 2.45) is 0 Å². The third-order valence-electron chi connectivity index (χ3n) is 3.62. The Bertz CT molecular complexity index is 634. The summed E-state index contributed by atoms with van der Waals surface area (Å²) >= 11 is 0. The molecule has 1 aromatic carbocycles. The maximum atomic E-state index is 11.1. The van der Waals surface area contributed by atoms with Crippen LogP contribution < -0.4 is 35.7 Å². The SMILES string of the molecule is [NH3+]C(CC[NH2+][C@H](Cc1ccccc1)C(=O)[O-])(P(=O)([O-])[O-])P(=O)([O-])[O-]. The molecule has 0 aromatic heterocycles. The van der Waals surface area contributed by atoms with E-state index in [2.05, 4.69) is 5.73 Å². The lowest BCUT2D eigenvalue weighted by atomic mass is 10.1. The molecule has 24 heavy (non-hydrogen) atoms. The molecule has 0 aliphatic carbocycles. The number of carboxylic acid groups (broad SMARTS) is 1. The van der Waals surface area contributed by atoms with Crippen molar-refractivity contribution in [3.8, 4) is 0 Å². The van der Waals surface area contributed by atoms with Gasteiger partial charge in [0.05, 0.1) is 18.9 Å². The van der Waals surface area contributed by atoms with Crippen molar-refractivity contribution < 1.29 is 49.7 Å². The minimum Gasteiger partial charge on any atom is -0.806 e. The van der Waals surface area contributed by atoms with E-state index < -0.39 is 45.2 Å². The first-order valence-electron chi connectivity index (χ1n) is 6.86. The van der Waals surface area contributed by atoms with Crippen LogP contribution in [-0.2, 0) is 20.3 Å². The number of benzene rings is 1. The molecule has 136 valence electrons. The van der Waals surface area contributed by atoms with Gasteiger partial charge in [0.2, 0.25) is 0 Å². The second-order valence-electron chi connectivity index (χ2n) is 5.37. The van der Waals surface area contributed by atoms with Gasteiger partial charge < -0.3 is 49.7 Å². The molecule has 0 bridgehead atoms. The topological polar surface area (TPSA) is 211 Å². The van der Waals surface area contributed by atoms with Crippen LogP contribution in [0.25, 0.3) is 0 Å². The summed E-state index contributed by atoms with van der Waals surface area (Å²) in [6.07, 6.45) is -0.883. The van der Waals surface area contributed by atoms with Crippen LogP contribution in [0.2, 0.25) is 0 Å². The summed E-state index contributed by atoms with van der Waals surface area (Å²) in [5.41, 5.74) is 3.45. The molecule has 0 saturated carbocycles. The number of carboxylic acids is 1. The molecule has 0 amide bonds. The summed E-state index contributed by atoms with van der Waals surface area (Å²) in [6.45, 7) is -0.419. The zero-order valence-electron chi connectivity index (χ0n) is 12.5. The van der Waals surface area contributed by atoms with E-state index in [-0.39, 0.29) is 6.42 Å². The van der Waals surface area contributed by atoms with Crippen molar-refractivity contribution in [3.63, 3.8) is 0 Å². The zero-order chi connectivity index (χ0) is 18.6. The molecule has 0 saturated heterocycles. The molecule has 10 nitrogen and oxygen atoms in total. The van der Waals surface area contributed by atoms with Gasteiger partial charge in [-0.2, -0.15) is 0 Å². The fraction of sp³-hybridized carbons (Fsp3) is 0.417. The number of carbonyl (C=O) groups is 1. The van der Waals surface area contributed by atoms with Gasteiger partial charge in [0.25, 0.3) is 0 Å². The first-order chi connectivity index (χ1) is 10.9. The number of carbonyl (C=O) groups excluding carboxylic acids is 1. The van der Waals surface area contributed by atoms with Crippen molar-refractivity contribution in [3.05, 3.63) is 35.9 Å². The van der Waals surface area contributed by atoms with Gasteiger partial charge in [0, 0.05) is 21.6 Å². The largest absolute Gasteiger partial charge is 0.806 e. The van der Waals surface area contributed by atoms with Crippen molar-refractivity contribution in [1.82, 2.24) is 0 Å². The van der Waals surface area contributed by atoms with Gasteiger partial charge in [-0.3, -0.25) is 0 Å². The molecule has 0 unspecified atom stereocenters. The Labute approximate surface area is 138 Å². The third-order valence-corrected chi connectivity index (χ3v) is 7.57. The second-order valence-corrected chi connectivity index (χ2v) is 9.42. The van der Waals surface area contributed by atoms with Crippen LogP contribution in [0.15, 0.2) is 30.3 Å². The Kier molecular flexibility index (Phi) is 6.86. The average molecular weight is 379 g/mol. The van der Waals surface area contributed by atoms with Crippen molar-refractivity contribution in [2.75, 3.05) is 6.54 Å². The summed E-state index contributed by atoms with van der Waals surface area (Å²) in [6, 6.07) is 7.31. The molecule has 5 N–H and O–H groups in total. The smallest absolute Gasteiger partial charge is 0.149 e. The van der Waals surface area contributed by atoms with Crippen LogP contribution in [-0.4, -0.2) is 23.6 Å². The third kappa shape index (κ3) is 5.20. The molecule has 0 fully saturated rings. The summed E-state index contributed by atoms with van der Waals surface area (Å²) in [5.74, 6) is -1.45. The zero-order valence-corrected chi connectivity index (χ0v) is 14.3. The van der Waals surface area contributed by atoms with Crippen LogP contribution in [0.5, 0.6) is 0 Å². The van der Waals surface area contributed by atoms with E-state index in [4.69, 9.17) is 0 Å². The molecule has 0 aliphatic heterocycles. The lowest BCUT2D eigenvalue weighted by Crippen LogP contribution is -2.95. The number of hydrogen-bond acceptors (Lipinski definition) is 8. The normalized spacial score (nSPS) is 14.4. The molecular formula is C12H17N2O8P2-3. The number of hydrogen-bond donors (Lipinski definition) is 2. The maximum Gasteiger partial charge on any atom is 0.149 e. The lowest BCUT2D eigenvalue weighted by molar-refractivity contribution is -0.687. The van der Waals surface area contributed by atoms with E-state index in [1.54, 1.807) is 30.3 Å². The summed E-state index contributed by atoms with van der Waals surface area (Å²) < 4.78 is 22.2. The van der Waals surface area contributed by atoms with Crippen LogP contribution in [0.4, 0.5) is 0 Å². The average Bonchev–Trinajstić information content (AvgIpc) is 2.44. The van der Waals surface area contributed by atoms with Gasteiger partial charge in [0.1, 0.15) is 11.1 Å². The Morgan fingerprint density at radius 1 is 1.12 bits per heavy atom. The standard InChI is InChI=1S/C12H20N2O8P2/c13-12(23(17,18)19,24(20,21)22)6-7-14-10(11(15)16)8-9-4-2-1-3-5-9/h1-5,10,14H,6-8,13H2,(H,15,16)(H2,17,18,19)(H2,20,21,22)/p-3/t10-/m1/s1. The van der Waals surface area contributed by atoms with Crippen LogP contribution >= 0.6 is 15.2 Å². The predicted molar refractivity (Wildman–Crippen MR) is 71.2 cm³/mol. The van der Waals surface area contributed by atoms with Gasteiger partial charge in [-0.1, -0.05) is 30.3 Å². The highest BCUT2D eigenvalue weighted by Gasteiger charge is 2.38. The fourth-order valence-corrected chi connectivity index (χ4v) is 4.08. The Hall–Kier alpha value is -1.09. The Morgan fingerprint density at radius 3 is 2.04 bits per heavy atom. The van der Waals surface area contributed by atoms with E-state index in [9.17, 15) is 38.6 Å². The molecule has 12 heteroatoms.